The molecule has 1 heterocycles. The molecule has 0 aliphatic carbocycles. The molecule has 0 bridgehead atoms. The van der Waals surface area contributed by atoms with E-state index in [2.05, 4.69) is 36.4 Å². The Morgan fingerprint density at radius 2 is 2.04 bits per heavy atom. The van der Waals surface area contributed by atoms with E-state index >= 15 is 0 Å². The second kappa shape index (κ2) is 10.9. The highest BCUT2D eigenvalue weighted by atomic mass is 16.1. The number of nitrogens with one attached hydrogen (secondary N) is 2. The van der Waals surface area contributed by atoms with E-state index in [4.69, 9.17) is 0 Å². The van der Waals surface area contributed by atoms with Gasteiger partial charge < -0.3 is 15.2 Å². The van der Waals surface area contributed by atoms with E-state index in [1.54, 1.807) is 6.07 Å². The standard InChI is InChI=1S/C18H32N4O/c1-5-19-18(21-13-11-15(2)3)20-12-6-7-14-22-16(4)9-8-10-17(22)23/h8-10,15H,5-7,11-14H2,1-4H3,(H2,19,20,21). The molecule has 2 N–H and O–H groups in total. The van der Waals surface area contributed by atoms with Crippen molar-refractivity contribution in [1.29, 1.82) is 0 Å². The third-order valence-corrected chi connectivity index (χ3v) is 3.69. The summed E-state index contributed by atoms with van der Waals surface area (Å²) in [7, 11) is 0. The second-order valence-corrected chi connectivity index (χ2v) is 6.23. The lowest BCUT2D eigenvalue weighted by atomic mass is 10.1. The molecule has 0 aliphatic heterocycles. The highest BCUT2D eigenvalue weighted by Crippen LogP contribution is 1.99. The number of hydrogen-bond donors (Lipinski definition) is 2. The fourth-order valence-corrected chi connectivity index (χ4v) is 2.30. The Morgan fingerprint density at radius 1 is 1.26 bits per heavy atom. The molecule has 0 saturated heterocycles. The highest BCUT2D eigenvalue weighted by molar-refractivity contribution is 5.79. The fraction of sp³-hybridized carbons (Fsp3) is 0.667. The molecule has 0 radical (unpaired) electrons. The zero-order valence-electron chi connectivity index (χ0n) is 15.1. The molecule has 1 aromatic rings. The first-order valence-corrected chi connectivity index (χ1v) is 8.73. The summed E-state index contributed by atoms with van der Waals surface area (Å²) in [6.45, 7) is 11.8. The van der Waals surface area contributed by atoms with E-state index in [0.29, 0.717) is 5.92 Å². The van der Waals surface area contributed by atoms with E-state index in [1.165, 1.54) is 0 Å². The van der Waals surface area contributed by atoms with Crippen LogP contribution < -0.4 is 16.2 Å². The van der Waals surface area contributed by atoms with Crippen LogP contribution >= 0.6 is 0 Å². The third kappa shape index (κ3) is 7.86. The first kappa shape index (κ1) is 19.3. The van der Waals surface area contributed by atoms with Gasteiger partial charge in [0.15, 0.2) is 5.96 Å². The van der Waals surface area contributed by atoms with Crippen LogP contribution in [0.15, 0.2) is 28.0 Å². The molecule has 0 spiro atoms. The van der Waals surface area contributed by atoms with Crippen molar-refractivity contribution >= 4 is 5.96 Å². The van der Waals surface area contributed by atoms with Crippen molar-refractivity contribution < 1.29 is 0 Å². The van der Waals surface area contributed by atoms with Gasteiger partial charge >= 0.3 is 0 Å². The Balaban J connectivity index is 2.35. The number of nitrogens with zero attached hydrogens (tertiary/aromatic N) is 2. The zero-order chi connectivity index (χ0) is 17.1. The Labute approximate surface area is 140 Å². The van der Waals surface area contributed by atoms with Crippen molar-refractivity contribution in [3.05, 3.63) is 34.2 Å². The van der Waals surface area contributed by atoms with Gasteiger partial charge in [0.1, 0.15) is 0 Å². The predicted molar refractivity (Wildman–Crippen MR) is 98.1 cm³/mol. The van der Waals surface area contributed by atoms with Crippen LogP contribution in [0.1, 0.15) is 45.7 Å². The van der Waals surface area contributed by atoms with Crippen molar-refractivity contribution in [3.63, 3.8) is 0 Å². The van der Waals surface area contributed by atoms with Crippen molar-refractivity contribution in [2.75, 3.05) is 19.6 Å². The van der Waals surface area contributed by atoms with Gasteiger partial charge in [0.2, 0.25) is 0 Å². The lowest BCUT2D eigenvalue weighted by molar-refractivity contribution is 0.570. The summed E-state index contributed by atoms with van der Waals surface area (Å²) in [5.41, 5.74) is 1.10. The summed E-state index contributed by atoms with van der Waals surface area (Å²) in [4.78, 5) is 16.4. The van der Waals surface area contributed by atoms with E-state index in [-0.39, 0.29) is 5.56 Å². The minimum atomic E-state index is 0.0807. The minimum Gasteiger partial charge on any atom is -0.357 e. The molecule has 0 fully saturated rings. The largest absolute Gasteiger partial charge is 0.357 e. The van der Waals surface area contributed by atoms with Crippen LogP contribution in [-0.4, -0.2) is 30.2 Å². The second-order valence-electron chi connectivity index (χ2n) is 6.23. The van der Waals surface area contributed by atoms with Crippen LogP contribution in [0.2, 0.25) is 0 Å². The summed E-state index contributed by atoms with van der Waals surface area (Å²) in [6, 6.07) is 5.40. The fourth-order valence-electron chi connectivity index (χ4n) is 2.30. The van der Waals surface area contributed by atoms with Gasteiger partial charge in [-0.2, -0.15) is 0 Å². The minimum absolute atomic E-state index is 0.0807. The number of guanidine groups is 1. The van der Waals surface area contributed by atoms with Gasteiger partial charge in [-0.1, -0.05) is 19.9 Å². The van der Waals surface area contributed by atoms with Crippen molar-refractivity contribution in [3.8, 4) is 0 Å². The molecule has 130 valence electrons. The van der Waals surface area contributed by atoms with Crippen molar-refractivity contribution in [2.24, 2.45) is 10.9 Å². The molecular weight excluding hydrogens is 288 g/mol. The number of rotatable bonds is 9. The number of pyridine rings is 1. The lowest BCUT2D eigenvalue weighted by Crippen LogP contribution is -2.38. The number of aliphatic imine (C=N–C) groups is 1. The molecule has 1 aromatic heterocycles. The van der Waals surface area contributed by atoms with Gasteiger partial charge in [0.25, 0.3) is 5.56 Å². The van der Waals surface area contributed by atoms with Gasteiger partial charge in [-0.05, 0) is 45.1 Å². The Hall–Kier alpha value is -1.78. The Kier molecular flexibility index (Phi) is 9.10. The van der Waals surface area contributed by atoms with Crippen LogP contribution in [0.3, 0.4) is 0 Å². The Morgan fingerprint density at radius 3 is 2.70 bits per heavy atom. The maximum atomic E-state index is 11.8. The lowest BCUT2D eigenvalue weighted by Gasteiger charge is -2.12. The first-order valence-electron chi connectivity index (χ1n) is 8.73. The average molecular weight is 320 g/mol. The van der Waals surface area contributed by atoms with Gasteiger partial charge in [0.05, 0.1) is 0 Å². The van der Waals surface area contributed by atoms with Gasteiger partial charge in [-0.25, -0.2) is 0 Å². The molecular formula is C18H32N4O. The van der Waals surface area contributed by atoms with E-state index < -0.39 is 0 Å². The smallest absolute Gasteiger partial charge is 0.250 e. The van der Waals surface area contributed by atoms with Crippen molar-refractivity contribution in [1.82, 2.24) is 15.2 Å². The summed E-state index contributed by atoms with van der Waals surface area (Å²) >= 11 is 0. The Bertz CT molecular complexity index is 534. The molecule has 1 rings (SSSR count). The van der Waals surface area contributed by atoms with Gasteiger partial charge in [-0.15, -0.1) is 0 Å². The quantitative estimate of drug-likeness (QED) is 0.418. The van der Waals surface area contributed by atoms with Crippen molar-refractivity contribution in [2.45, 2.75) is 53.5 Å². The van der Waals surface area contributed by atoms with Crippen LogP contribution in [-0.2, 0) is 6.54 Å². The monoisotopic (exact) mass is 320 g/mol. The molecule has 23 heavy (non-hydrogen) atoms. The number of aromatic nitrogens is 1. The number of aryl methyl sites for hydroxylation is 1. The highest BCUT2D eigenvalue weighted by Gasteiger charge is 2.00. The summed E-state index contributed by atoms with van der Waals surface area (Å²) in [5, 5.41) is 6.63. The SMILES string of the molecule is CCNC(=NCCCCn1c(C)cccc1=O)NCCC(C)C. The van der Waals surface area contributed by atoms with Gasteiger partial charge in [-0.3, -0.25) is 9.79 Å². The van der Waals surface area contributed by atoms with E-state index in [0.717, 1.165) is 57.1 Å². The summed E-state index contributed by atoms with van der Waals surface area (Å²) in [6.07, 6.45) is 3.07. The normalized spacial score (nSPS) is 11.8. The van der Waals surface area contributed by atoms with E-state index in [9.17, 15) is 4.79 Å². The van der Waals surface area contributed by atoms with Gasteiger partial charge in [0, 0.05) is 37.9 Å². The zero-order valence-corrected chi connectivity index (χ0v) is 15.1. The molecule has 0 unspecified atom stereocenters. The summed E-state index contributed by atoms with van der Waals surface area (Å²) in [5.74, 6) is 1.58. The van der Waals surface area contributed by atoms with Crippen LogP contribution in [0.25, 0.3) is 0 Å². The maximum Gasteiger partial charge on any atom is 0.250 e. The third-order valence-electron chi connectivity index (χ3n) is 3.69. The molecule has 5 heteroatoms. The molecule has 0 atom stereocenters. The van der Waals surface area contributed by atoms with Crippen LogP contribution in [0, 0.1) is 12.8 Å². The van der Waals surface area contributed by atoms with Crippen LogP contribution in [0.4, 0.5) is 0 Å². The topological polar surface area (TPSA) is 58.4 Å². The number of hydrogen-bond acceptors (Lipinski definition) is 2. The molecule has 0 amide bonds. The molecule has 5 nitrogen and oxygen atoms in total. The molecule has 0 aliphatic rings. The predicted octanol–water partition coefficient (Wildman–Crippen LogP) is 2.54. The number of unbranched alkanes of at least 4 members (excludes halogenated alkanes) is 1. The average Bonchev–Trinajstić information content (AvgIpc) is 2.49. The first-order chi connectivity index (χ1) is 11.0. The van der Waals surface area contributed by atoms with Crippen LogP contribution in [0.5, 0.6) is 0 Å². The van der Waals surface area contributed by atoms with E-state index in [1.807, 2.05) is 23.6 Å². The maximum absolute atomic E-state index is 11.8. The summed E-state index contributed by atoms with van der Waals surface area (Å²) < 4.78 is 1.83. The molecule has 0 aromatic carbocycles. The molecule has 0 saturated carbocycles.